The zero-order valence-electron chi connectivity index (χ0n) is 17.8. The average Bonchev–Trinajstić information content (AvgIpc) is 3.44. The van der Waals surface area contributed by atoms with Crippen LogP contribution in [0.3, 0.4) is 0 Å². The van der Waals surface area contributed by atoms with Crippen molar-refractivity contribution < 1.29 is 19.3 Å². The molecule has 0 aliphatic heterocycles. The summed E-state index contributed by atoms with van der Waals surface area (Å²) in [5.41, 5.74) is 11.9. The summed E-state index contributed by atoms with van der Waals surface area (Å²) in [6.07, 6.45) is 1.61. The molecule has 0 radical (unpaired) electrons. The van der Waals surface area contributed by atoms with Gasteiger partial charge in [0.05, 0.1) is 0 Å². The van der Waals surface area contributed by atoms with Crippen molar-refractivity contribution in [2.45, 2.75) is 26.4 Å². The summed E-state index contributed by atoms with van der Waals surface area (Å²) in [6.45, 7) is 2.36. The summed E-state index contributed by atoms with van der Waals surface area (Å²) in [4.78, 5) is 45.0. The monoisotopic (exact) mass is 486 g/mol. The maximum absolute atomic E-state index is 13.2. The van der Waals surface area contributed by atoms with Crippen LogP contribution in [0, 0.1) is 0 Å². The molecule has 0 aliphatic carbocycles. The maximum atomic E-state index is 13.2. The smallest absolute Gasteiger partial charge is 0.259 e. The number of carbonyl (C=O) groups is 2. The summed E-state index contributed by atoms with van der Waals surface area (Å²) >= 11 is 2.21. The first kappa shape index (κ1) is 24.0. The first-order valence-electron chi connectivity index (χ1n) is 9.95. The fourth-order valence-corrected chi connectivity index (χ4v) is 3.58. The number of hydrogen-bond acceptors (Lipinski definition) is 12. The van der Waals surface area contributed by atoms with E-state index in [-0.39, 0.29) is 46.3 Å². The minimum atomic E-state index is -0.988. The van der Waals surface area contributed by atoms with Crippen molar-refractivity contribution in [3.63, 3.8) is 0 Å². The number of nitrogens with zero attached hydrogens (tertiary/aromatic N) is 4. The van der Waals surface area contributed by atoms with E-state index in [2.05, 4.69) is 20.3 Å². The van der Waals surface area contributed by atoms with E-state index < -0.39 is 11.6 Å². The van der Waals surface area contributed by atoms with E-state index in [9.17, 15) is 9.59 Å². The lowest BCUT2D eigenvalue weighted by molar-refractivity contribution is -0.129. The Morgan fingerprint density at radius 2 is 1.45 bits per heavy atom. The second-order valence-corrected chi connectivity index (χ2v) is 8.41. The minimum absolute atomic E-state index is 0.0924. The van der Waals surface area contributed by atoms with E-state index in [0.717, 1.165) is 41.1 Å². The summed E-state index contributed by atoms with van der Waals surface area (Å²) in [6, 6.07) is 9.25. The highest BCUT2D eigenvalue weighted by atomic mass is 32.1. The van der Waals surface area contributed by atoms with Crippen LogP contribution in [0.15, 0.2) is 51.4 Å². The highest BCUT2D eigenvalue weighted by Crippen LogP contribution is 2.16. The first-order chi connectivity index (χ1) is 16.0. The Kier molecular flexibility index (Phi) is 8.61. The van der Waals surface area contributed by atoms with Gasteiger partial charge in [-0.1, -0.05) is 54.0 Å². The summed E-state index contributed by atoms with van der Waals surface area (Å²) in [5, 5.41) is 11.3. The Balaban J connectivity index is 1.88. The van der Waals surface area contributed by atoms with Gasteiger partial charge in [0.1, 0.15) is 24.6 Å². The summed E-state index contributed by atoms with van der Waals surface area (Å²) in [7, 11) is 0. The van der Waals surface area contributed by atoms with Gasteiger partial charge >= 0.3 is 0 Å². The Hall–Kier alpha value is -3.64. The normalized spacial score (nSPS) is 11.9. The number of aromatic nitrogens is 2. The van der Waals surface area contributed by atoms with Gasteiger partial charge in [-0.3, -0.25) is 9.59 Å². The second kappa shape index (κ2) is 11.8. The third-order valence-electron chi connectivity index (χ3n) is 4.14. The summed E-state index contributed by atoms with van der Waals surface area (Å²) < 4.78 is 0. The molecule has 2 heterocycles. The first-order valence-corrected chi connectivity index (χ1v) is 11.7. The zero-order valence-corrected chi connectivity index (χ0v) is 19.4. The zero-order chi connectivity index (χ0) is 23.6. The molecule has 0 unspecified atom stereocenters. The van der Waals surface area contributed by atoms with E-state index in [1.54, 1.807) is 0 Å². The van der Waals surface area contributed by atoms with Gasteiger partial charge in [-0.05, 0) is 12.0 Å². The van der Waals surface area contributed by atoms with Gasteiger partial charge in [0.25, 0.3) is 11.6 Å². The van der Waals surface area contributed by atoms with Crippen LogP contribution < -0.4 is 11.5 Å². The van der Waals surface area contributed by atoms with Gasteiger partial charge in [0.2, 0.25) is 0 Å². The van der Waals surface area contributed by atoms with Gasteiger partial charge in [-0.2, -0.15) is 0 Å². The lowest BCUT2D eigenvalue weighted by Crippen LogP contribution is -2.32. The molecular formula is C21H22N6O4S2. The predicted molar refractivity (Wildman–Crippen MR) is 128 cm³/mol. The molecule has 0 atom stereocenters. The lowest BCUT2D eigenvalue weighted by Gasteiger charge is -2.06. The topological polar surface area (TPSA) is 155 Å². The Labute approximate surface area is 197 Å². The Morgan fingerprint density at radius 1 is 0.909 bits per heavy atom. The standard InChI is InChI=1S/C21H22N6O4S2/c1-2-3-9-30-26-16(14-11-32-20(22)24-14)18(28)19(29)17(15-12-33-21(23)25-15)27-31-10-13-7-5-4-6-8-13/h4-8,11-12H,2-3,9-10H2,1H3,(H2,22,24)(H2,23,25). The van der Waals surface area contributed by atoms with Crippen LogP contribution in [0.1, 0.15) is 36.7 Å². The average molecular weight is 487 g/mol. The predicted octanol–water partition coefficient (Wildman–Crippen LogP) is 3.04. The van der Waals surface area contributed by atoms with E-state index in [4.69, 9.17) is 21.1 Å². The van der Waals surface area contributed by atoms with Crippen LogP contribution in [0.5, 0.6) is 0 Å². The highest BCUT2D eigenvalue weighted by molar-refractivity contribution is 7.14. The lowest BCUT2D eigenvalue weighted by atomic mass is 10.0. The number of nitrogen functional groups attached to an aromatic ring is 2. The maximum Gasteiger partial charge on any atom is 0.259 e. The van der Waals surface area contributed by atoms with Gasteiger partial charge < -0.3 is 21.1 Å². The van der Waals surface area contributed by atoms with Crippen LogP contribution in [0.25, 0.3) is 0 Å². The number of unbranched alkanes of at least 4 members (excludes halogenated alkanes) is 1. The fourth-order valence-electron chi connectivity index (χ4n) is 2.48. The van der Waals surface area contributed by atoms with Crippen molar-refractivity contribution >= 4 is 55.9 Å². The molecule has 3 rings (SSSR count). The van der Waals surface area contributed by atoms with Gasteiger partial charge in [-0.25, -0.2) is 9.97 Å². The molecule has 4 N–H and O–H groups in total. The number of Topliss-reactive ketones (excluding diaryl/α,β-unsaturated/α-hetero) is 2. The molecule has 0 saturated carbocycles. The third-order valence-corrected chi connectivity index (χ3v) is 5.49. The van der Waals surface area contributed by atoms with Crippen molar-refractivity contribution in [1.29, 1.82) is 0 Å². The van der Waals surface area contributed by atoms with Crippen molar-refractivity contribution in [3.8, 4) is 0 Å². The SMILES string of the molecule is CCCCON=C(C(=O)C(=O)C(=NOCc1ccccc1)c1csc(N)n1)c1csc(N)n1. The largest absolute Gasteiger partial charge is 0.395 e. The van der Waals surface area contributed by atoms with Gasteiger partial charge in [0.15, 0.2) is 21.7 Å². The van der Waals surface area contributed by atoms with Crippen molar-refractivity contribution in [2.75, 3.05) is 18.1 Å². The highest BCUT2D eigenvalue weighted by Gasteiger charge is 2.31. The number of oxime groups is 2. The molecule has 172 valence electrons. The van der Waals surface area contributed by atoms with E-state index >= 15 is 0 Å². The number of benzene rings is 1. The number of anilines is 2. The van der Waals surface area contributed by atoms with E-state index in [0.29, 0.717) is 0 Å². The molecule has 0 bridgehead atoms. The van der Waals surface area contributed by atoms with Crippen LogP contribution in [0.4, 0.5) is 10.3 Å². The number of thiazole rings is 2. The number of hydrogen-bond donors (Lipinski definition) is 2. The molecule has 33 heavy (non-hydrogen) atoms. The molecule has 1 aromatic carbocycles. The summed E-state index contributed by atoms with van der Waals surface area (Å²) in [5.74, 6) is -1.97. The quantitative estimate of drug-likeness (QED) is 0.171. The fraction of sp³-hybridized carbons (Fsp3) is 0.238. The molecule has 10 nitrogen and oxygen atoms in total. The molecule has 0 fully saturated rings. The number of ketones is 2. The van der Waals surface area contributed by atoms with Crippen LogP contribution in [-0.4, -0.2) is 39.6 Å². The number of rotatable bonds is 12. The third kappa shape index (κ3) is 6.67. The van der Waals surface area contributed by atoms with Crippen LogP contribution in [-0.2, 0) is 25.9 Å². The molecule has 3 aromatic rings. The van der Waals surface area contributed by atoms with Gasteiger partial charge in [0, 0.05) is 10.8 Å². The van der Waals surface area contributed by atoms with Crippen molar-refractivity contribution in [2.24, 2.45) is 10.3 Å². The molecule has 0 saturated heterocycles. The number of nitrogens with two attached hydrogens (primary N) is 2. The van der Waals surface area contributed by atoms with Crippen LogP contribution >= 0.6 is 22.7 Å². The molecule has 0 amide bonds. The molecule has 0 aliphatic rings. The molecular weight excluding hydrogens is 464 g/mol. The molecule has 0 spiro atoms. The second-order valence-electron chi connectivity index (χ2n) is 6.63. The molecule has 2 aromatic heterocycles. The van der Waals surface area contributed by atoms with Crippen molar-refractivity contribution in [3.05, 3.63) is 58.0 Å². The van der Waals surface area contributed by atoms with E-state index in [1.165, 1.54) is 10.8 Å². The number of carbonyl (C=O) groups excluding carboxylic acids is 2. The van der Waals surface area contributed by atoms with Gasteiger partial charge in [-0.15, -0.1) is 22.7 Å². The van der Waals surface area contributed by atoms with Crippen molar-refractivity contribution in [1.82, 2.24) is 9.97 Å². The van der Waals surface area contributed by atoms with Crippen LogP contribution in [0.2, 0.25) is 0 Å². The Morgan fingerprint density at radius 3 is 1.94 bits per heavy atom. The van der Waals surface area contributed by atoms with E-state index in [1.807, 2.05) is 37.3 Å². The Bertz CT molecular complexity index is 1160. The minimum Gasteiger partial charge on any atom is -0.395 e. The molecule has 12 heteroatoms.